The van der Waals surface area contributed by atoms with Crippen LogP contribution in [0.2, 0.25) is 0 Å². The summed E-state index contributed by atoms with van der Waals surface area (Å²) in [6, 6.07) is 2.00. The first-order chi connectivity index (χ1) is 8.18. The highest BCUT2D eigenvalue weighted by Gasteiger charge is 2.19. The average molecular weight is 316 g/mol. The van der Waals surface area contributed by atoms with Crippen molar-refractivity contribution in [3.05, 3.63) is 20.3 Å². The monoisotopic (exact) mass is 315 g/mol. The van der Waals surface area contributed by atoms with Crippen molar-refractivity contribution in [1.82, 2.24) is 4.90 Å². The molecular weight excluding hydrogens is 298 g/mol. The van der Waals surface area contributed by atoms with Crippen molar-refractivity contribution in [3.63, 3.8) is 0 Å². The molecule has 4 heteroatoms. The SMILES string of the molecule is Cc1cc(C(=O)N2CCCCCCC2)sc1Br. The van der Waals surface area contributed by atoms with Gasteiger partial charge in [-0.25, -0.2) is 0 Å². The largest absolute Gasteiger partial charge is 0.338 e. The van der Waals surface area contributed by atoms with Crippen LogP contribution in [0.4, 0.5) is 0 Å². The van der Waals surface area contributed by atoms with Crippen molar-refractivity contribution in [3.8, 4) is 0 Å². The van der Waals surface area contributed by atoms with Gasteiger partial charge < -0.3 is 4.90 Å². The molecule has 0 radical (unpaired) electrons. The Morgan fingerprint density at radius 2 is 1.82 bits per heavy atom. The maximum atomic E-state index is 12.3. The zero-order valence-electron chi connectivity index (χ0n) is 10.2. The molecule has 0 spiro atoms. The fourth-order valence-electron chi connectivity index (χ4n) is 2.17. The van der Waals surface area contributed by atoms with Gasteiger partial charge in [0.2, 0.25) is 0 Å². The van der Waals surface area contributed by atoms with Crippen LogP contribution in [0, 0.1) is 6.92 Å². The number of aryl methyl sites for hydroxylation is 1. The minimum absolute atomic E-state index is 0.214. The number of thiophene rings is 1. The van der Waals surface area contributed by atoms with Gasteiger partial charge in [-0.3, -0.25) is 4.79 Å². The number of hydrogen-bond donors (Lipinski definition) is 0. The molecule has 1 aliphatic heterocycles. The number of halogens is 1. The molecule has 1 aromatic rings. The van der Waals surface area contributed by atoms with E-state index >= 15 is 0 Å². The van der Waals surface area contributed by atoms with Crippen LogP contribution in [-0.4, -0.2) is 23.9 Å². The van der Waals surface area contributed by atoms with Crippen LogP contribution in [-0.2, 0) is 0 Å². The van der Waals surface area contributed by atoms with E-state index in [9.17, 15) is 4.79 Å². The molecule has 1 fully saturated rings. The average Bonchev–Trinajstić information content (AvgIpc) is 2.58. The molecule has 94 valence electrons. The van der Waals surface area contributed by atoms with Gasteiger partial charge in [0.15, 0.2) is 0 Å². The van der Waals surface area contributed by atoms with Gasteiger partial charge in [0.1, 0.15) is 0 Å². The van der Waals surface area contributed by atoms with Gasteiger partial charge in [-0.2, -0.15) is 0 Å². The number of nitrogens with zero attached hydrogens (tertiary/aromatic N) is 1. The molecule has 2 nitrogen and oxygen atoms in total. The standard InChI is InChI=1S/C13H18BrNOS/c1-10-9-11(17-12(10)14)13(16)15-7-5-3-2-4-6-8-15/h9H,2-8H2,1H3. The van der Waals surface area contributed by atoms with E-state index < -0.39 is 0 Å². The van der Waals surface area contributed by atoms with Crippen molar-refractivity contribution in [2.75, 3.05) is 13.1 Å². The van der Waals surface area contributed by atoms with Gasteiger partial charge in [-0.1, -0.05) is 19.3 Å². The van der Waals surface area contributed by atoms with Crippen LogP contribution in [0.15, 0.2) is 9.85 Å². The van der Waals surface area contributed by atoms with E-state index in [2.05, 4.69) is 15.9 Å². The molecule has 1 amide bonds. The normalized spacial score (nSPS) is 17.6. The van der Waals surface area contributed by atoms with Crippen LogP contribution >= 0.6 is 27.3 Å². The number of hydrogen-bond acceptors (Lipinski definition) is 2. The van der Waals surface area contributed by atoms with Gasteiger partial charge in [-0.15, -0.1) is 11.3 Å². The van der Waals surface area contributed by atoms with Gasteiger partial charge in [0.25, 0.3) is 5.91 Å². The Hall–Kier alpha value is -0.350. The second-order valence-corrected chi connectivity index (χ2v) is 7.00. The highest BCUT2D eigenvalue weighted by molar-refractivity contribution is 9.11. The number of carbonyl (C=O) groups is 1. The summed E-state index contributed by atoms with van der Waals surface area (Å²) in [7, 11) is 0. The third-order valence-electron chi connectivity index (χ3n) is 3.21. The summed E-state index contributed by atoms with van der Waals surface area (Å²) in [5.74, 6) is 0.214. The van der Waals surface area contributed by atoms with E-state index in [0.29, 0.717) is 0 Å². The molecule has 0 unspecified atom stereocenters. The summed E-state index contributed by atoms with van der Waals surface area (Å²) in [6.07, 6.45) is 6.15. The topological polar surface area (TPSA) is 20.3 Å². The van der Waals surface area contributed by atoms with E-state index in [-0.39, 0.29) is 5.91 Å². The Labute approximate surface area is 115 Å². The minimum atomic E-state index is 0.214. The molecule has 0 saturated carbocycles. The summed E-state index contributed by atoms with van der Waals surface area (Å²) in [5.41, 5.74) is 1.16. The van der Waals surface area contributed by atoms with Crippen molar-refractivity contribution in [1.29, 1.82) is 0 Å². The van der Waals surface area contributed by atoms with Gasteiger partial charge in [0.05, 0.1) is 8.66 Å². The fraction of sp³-hybridized carbons (Fsp3) is 0.615. The minimum Gasteiger partial charge on any atom is -0.338 e. The predicted molar refractivity (Wildman–Crippen MR) is 75.7 cm³/mol. The van der Waals surface area contributed by atoms with Gasteiger partial charge >= 0.3 is 0 Å². The summed E-state index contributed by atoms with van der Waals surface area (Å²) in [6.45, 7) is 3.88. The van der Waals surface area contributed by atoms with Crippen LogP contribution in [0.3, 0.4) is 0 Å². The number of rotatable bonds is 1. The highest BCUT2D eigenvalue weighted by atomic mass is 79.9. The van der Waals surface area contributed by atoms with E-state index in [0.717, 1.165) is 40.2 Å². The van der Waals surface area contributed by atoms with Gasteiger partial charge in [0, 0.05) is 13.1 Å². The van der Waals surface area contributed by atoms with Crippen molar-refractivity contribution in [2.24, 2.45) is 0 Å². The molecular formula is C13H18BrNOS. The summed E-state index contributed by atoms with van der Waals surface area (Å²) >= 11 is 5.04. The summed E-state index contributed by atoms with van der Waals surface area (Å²) in [5, 5.41) is 0. The second kappa shape index (κ2) is 6.01. The highest BCUT2D eigenvalue weighted by Crippen LogP contribution is 2.28. The molecule has 2 rings (SSSR count). The summed E-state index contributed by atoms with van der Waals surface area (Å²) < 4.78 is 1.08. The molecule has 0 N–H and O–H groups in total. The molecule has 17 heavy (non-hydrogen) atoms. The Kier molecular flexibility index (Phi) is 4.62. The zero-order valence-corrected chi connectivity index (χ0v) is 12.6. The van der Waals surface area contributed by atoms with Crippen molar-refractivity contribution >= 4 is 33.2 Å². The molecule has 1 aromatic heterocycles. The number of likely N-dealkylation sites (tertiary alicyclic amines) is 1. The first kappa shape index (κ1) is 13.1. The Balaban J connectivity index is 2.06. The zero-order chi connectivity index (χ0) is 12.3. The Morgan fingerprint density at radius 3 is 2.35 bits per heavy atom. The first-order valence-corrected chi connectivity index (χ1v) is 7.84. The molecule has 1 aliphatic rings. The molecule has 0 aromatic carbocycles. The smallest absolute Gasteiger partial charge is 0.263 e. The second-order valence-electron chi connectivity index (χ2n) is 4.63. The lowest BCUT2D eigenvalue weighted by Gasteiger charge is -2.24. The van der Waals surface area contributed by atoms with Crippen molar-refractivity contribution < 1.29 is 4.79 Å². The molecule has 0 atom stereocenters. The van der Waals surface area contributed by atoms with E-state index in [1.54, 1.807) is 11.3 Å². The summed E-state index contributed by atoms with van der Waals surface area (Å²) in [4.78, 5) is 15.2. The van der Waals surface area contributed by atoms with Crippen LogP contribution in [0.25, 0.3) is 0 Å². The van der Waals surface area contributed by atoms with E-state index in [1.165, 1.54) is 19.3 Å². The Bertz CT molecular complexity index is 375. The Morgan fingerprint density at radius 1 is 1.24 bits per heavy atom. The predicted octanol–water partition coefficient (Wildman–Crippen LogP) is 4.23. The maximum Gasteiger partial charge on any atom is 0.263 e. The third-order valence-corrected chi connectivity index (χ3v) is 5.34. The van der Waals surface area contributed by atoms with Crippen LogP contribution < -0.4 is 0 Å². The van der Waals surface area contributed by atoms with Crippen molar-refractivity contribution in [2.45, 2.75) is 39.0 Å². The van der Waals surface area contributed by atoms with E-state index in [1.807, 2.05) is 17.9 Å². The third kappa shape index (κ3) is 3.32. The number of amides is 1. The van der Waals surface area contributed by atoms with Crippen LogP contribution in [0.1, 0.15) is 47.3 Å². The molecule has 1 saturated heterocycles. The van der Waals surface area contributed by atoms with E-state index in [4.69, 9.17) is 0 Å². The van der Waals surface area contributed by atoms with Crippen LogP contribution in [0.5, 0.6) is 0 Å². The lowest BCUT2D eigenvalue weighted by Crippen LogP contribution is -2.33. The van der Waals surface area contributed by atoms with Gasteiger partial charge in [-0.05, 0) is 47.3 Å². The lowest BCUT2D eigenvalue weighted by atomic mass is 10.1. The fourth-order valence-corrected chi connectivity index (χ4v) is 3.67. The lowest BCUT2D eigenvalue weighted by molar-refractivity contribution is 0.0747. The number of carbonyl (C=O) groups excluding carboxylic acids is 1. The maximum absolute atomic E-state index is 12.3. The molecule has 0 aliphatic carbocycles. The quantitative estimate of drug-likeness (QED) is 0.759. The first-order valence-electron chi connectivity index (χ1n) is 6.23. The molecule has 2 heterocycles. The molecule has 0 bridgehead atoms.